The van der Waals surface area contributed by atoms with Crippen LogP contribution in [0.4, 0.5) is 17.6 Å². The quantitative estimate of drug-likeness (QED) is 0.148. The molecule has 3 rings (SSSR count). The fourth-order valence-electron chi connectivity index (χ4n) is 2.81. The summed E-state index contributed by atoms with van der Waals surface area (Å²) in [7, 11) is 0. The van der Waals surface area contributed by atoms with Crippen LogP contribution in [0.15, 0.2) is 12.2 Å². The molecule has 1 aromatic rings. The molecule has 2 heterocycles. The zero-order chi connectivity index (χ0) is 33.3. The minimum absolute atomic E-state index is 0.106. The highest BCUT2D eigenvalue weighted by atomic mass is 19.2. The lowest BCUT2D eigenvalue weighted by Crippen LogP contribution is -2.36. The molecule has 1 saturated heterocycles. The van der Waals surface area contributed by atoms with Crippen LogP contribution in [-0.2, 0) is 38.4 Å². The molecule has 43 heavy (non-hydrogen) atoms. The first-order chi connectivity index (χ1) is 19.8. The van der Waals surface area contributed by atoms with Crippen LogP contribution in [0.5, 0.6) is 5.75 Å². The number of hydrogen-bond donors (Lipinski definition) is 0. The summed E-state index contributed by atoms with van der Waals surface area (Å²) in [6.45, 7) is 10.3. The van der Waals surface area contributed by atoms with E-state index in [-0.39, 0.29) is 37.0 Å². The van der Waals surface area contributed by atoms with Gasteiger partial charge in [-0.05, 0) is 6.92 Å². The molecule has 236 valence electrons. The number of carbonyl (C=O) groups excluding carboxylic acids is 7. The molecular formula is C28H32F4N2O9. The van der Waals surface area contributed by atoms with Gasteiger partial charge >= 0.3 is 11.9 Å². The maximum atomic E-state index is 13.3. The first-order valence-corrected chi connectivity index (χ1v) is 13.0. The van der Waals surface area contributed by atoms with Gasteiger partial charge in [-0.2, -0.15) is 8.78 Å². The third kappa shape index (κ3) is 9.82. The Kier molecular flexibility index (Phi) is 13.4. The fourth-order valence-corrected chi connectivity index (χ4v) is 2.81. The summed E-state index contributed by atoms with van der Waals surface area (Å²) in [5.41, 5.74) is -0.802. The molecule has 11 nitrogen and oxygen atoms in total. The largest absolute Gasteiger partial charge is 0.420 e. The molecule has 0 atom stereocenters. The standard InChI is InChI=1S/C11H10F4O2.C9H11NO3.C8H11NO4/c1-4(2)11(16)17-10-8(14)6(12)5(3)7(13)9(10)15;1-6(2)7(11)5-10-8(12)3-4-9(10)13;1-5(2)8(12)13-9-6(10)3-4-7(9)11/h4H,1-3H3;3-4,6H,5H2,1-2H3;5H,3-4H2,1-2H3. The van der Waals surface area contributed by atoms with E-state index < -0.39 is 76.1 Å². The van der Waals surface area contributed by atoms with E-state index in [4.69, 9.17) is 0 Å². The predicted octanol–water partition coefficient (Wildman–Crippen LogP) is 3.50. The molecule has 2 aliphatic heterocycles. The lowest BCUT2D eigenvalue weighted by Gasteiger charge is -2.13. The number of nitrogens with zero attached hydrogens (tertiary/aromatic N) is 2. The van der Waals surface area contributed by atoms with Crippen molar-refractivity contribution in [1.82, 2.24) is 9.96 Å². The molecule has 15 heteroatoms. The molecule has 0 unspecified atom stereocenters. The molecule has 0 bridgehead atoms. The number of rotatable bonds is 7. The van der Waals surface area contributed by atoms with E-state index in [2.05, 4.69) is 9.57 Å². The van der Waals surface area contributed by atoms with Crippen LogP contribution < -0.4 is 4.74 Å². The van der Waals surface area contributed by atoms with Gasteiger partial charge in [0, 0.05) is 36.5 Å². The highest BCUT2D eigenvalue weighted by Crippen LogP contribution is 2.30. The van der Waals surface area contributed by atoms with Gasteiger partial charge in [-0.15, -0.1) is 5.06 Å². The Balaban J connectivity index is 0.000000327. The Hall–Kier alpha value is -4.43. The minimum atomic E-state index is -1.71. The number of hydrogen-bond acceptors (Lipinski definition) is 9. The molecule has 0 spiro atoms. The van der Waals surface area contributed by atoms with Crippen LogP contribution in [0, 0.1) is 47.9 Å². The second kappa shape index (κ2) is 15.7. The summed E-state index contributed by atoms with van der Waals surface area (Å²) >= 11 is 0. The van der Waals surface area contributed by atoms with E-state index in [0.29, 0.717) is 5.06 Å². The van der Waals surface area contributed by atoms with Crippen molar-refractivity contribution in [3.8, 4) is 5.75 Å². The van der Waals surface area contributed by atoms with Crippen molar-refractivity contribution in [1.29, 1.82) is 0 Å². The van der Waals surface area contributed by atoms with Crippen LogP contribution in [0.25, 0.3) is 0 Å². The van der Waals surface area contributed by atoms with Gasteiger partial charge in [0.25, 0.3) is 23.6 Å². The van der Waals surface area contributed by atoms with Crippen molar-refractivity contribution >= 4 is 41.4 Å². The Bertz CT molecular complexity index is 1260. The van der Waals surface area contributed by atoms with E-state index >= 15 is 0 Å². The Morgan fingerprint density at radius 2 is 1.14 bits per heavy atom. The molecule has 0 N–H and O–H groups in total. The maximum absolute atomic E-state index is 13.3. The van der Waals surface area contributed by atoms with Crippen LogP contribution in [0.2, 0.25) is 0 Å². The molecule has 1 aromatic carbocycles. The normalized spacial score (nSPS) is 14.3. The number of esters is 1. The van der Waals surface area contributed by atoms with E-state index in [1.807, 2.05) is 0 Å². The van der Waals surface area contributed by atoms with Gasteiger partial charge in [-0.3, -0.25) is 33.7 Å². The maximum Gasteiger partial charge on any atom is 0.335 e. The summed E-state index contributed by atoms with van der Waals surface area (Å²) in [4.78, 5) is 82.9. The molecule has 1 fully saturated rings. The second-order valence-corrected chi connectivity index (χ2v) is 10.1. The van der Waals surface area contributed by atoms with E-state index in [9.17, 15) is 51.1 Å². The summed E-state index contributed by atoms with van der Waals surface area (Å²) < 4.78 is 57.0. The number of benzene rings is 1. The number of Topliss-reactive ketones (excluding diaryl/α,β-unsaturated/α-hetero) is 1. The van der Waals surface area contributed by atoms with E-state index in [1.165, 1.54) is 26.0 Å². The van der Waals surface area contributed by atoms with Gasteiger partial charge in [0.1, 0.15) is 0 Å². The molecule has 4 amide bonds. The van der Waals surface area contributed by atoms with Gasteiger partial charge in [-0.1, -0.05) is 41.5 Å². The first kappa shape index (κ1) is 36.6. The van der Waals surface area contributed by atoms with Crippen molar-refractivity contribution in [2.24, 2.45) is 17.8 Å². The highest BCUT2D eigenvalue weighted by Gasteiger charge is 2.33. The van der Waals surface area contributed by atoms with Crippen molar-refractivity contribution in [2.75, 3.05) is 6.54 Å². The van der Waals surface area contributed by atoms with Crippen molar-refractivity contribution in [2.45, 2.75) is 61.3 Å². The summed E-state index contributed by atoms with van der Waals surface area (Å²) in [6, 6.07) is 0. The third-order valence-corrected chi connectivity index (χ3v) is 5.63. The highest BCUT2D eigenvalue weighted by molar-refractivity contribution is 6.14. The van der Waals surface area contributed by atoms with Crippen molar-refractivity contribution < 1.29 is 60.7 Å². The number of halogens is 4. The summed E-state index contributed by atoms with van der Waals surface area (Å²) in [6.07, 6.45) is 2.61. The average Bonchev–Trinajstić information content (AvgIpc) is 3.43. The smallest absolute Gasteiger partial charge is 0.335 e. The first-order valence-electron chi connectivity index (χ1n) is 13.0. The Morgan fingerprint density at radius 3 is 1.51 bits per heavy atom. The lowest BCUT2D eigenvalue weighted by molar-refractivity contribution is -0.199. The SMILES string of the molecule is CC(C)C(=O)CN1C(=O)C=CC1=O.CC(C)C(=O)ON1C(=O)CCC1=O.Cc1c(F)c(F)c(OC(=O)C(C)C)c(F)c1F. The summed E-state index contributed by atoms with van der Waals surface area (Å²) in [5.74, 6) is -12.4. The second-order valence-electron chi connectivity index (χ2n) is 10.1. The van der Waals surface area contributed by atoms with Crippen LogP contribution >= 0.6 is 0 Å². The zero-order valence-electron chi connectivity index (χ0n) is 24.6. The molecule has 0 radical (unpaired) electrons. The molecule has 2 aliphatic rings. The number of ketones is 1. The summed E-state index contributed by atoms with van der Waals surface area (Å²) in [5, 5.41) is 0.558. The van der Waals surface area contributed by atoms with Crippen LogP contribution in [0.1, 0.15) is 59.9 Å². The third-order valence-electron chi connectivity index (χ3n) is 5.63. The van der Waals surface area contributed by atoms with Gasteiger partial charge in [0.05, 0.1) is 18.4 Å². The fraction of sp³-hybridized carbons (Fsp3) is 0.464. The number of ether oxygens (including phenoxy) is 1. The van der Waals surface area contributed by atoms with Gasteiger partial charge in [0.15, 0.2) is 17.4 Å². The topological polar surface area (TPSA) is 144 Å². The average molecular weight is 617 g/mol. The molecular weight excluding hydrogens is 584 g/mol. The van der Waals surface area contributed by atoms with Crippen molar-refractivity contribution in [3.63, 3.8) is 0 Å². The molecule has 0 aromatic heterocycles. The monoisotopic (exact) mass is 616 g/mol. The predicted molar refractivity (Wildman–Crippen MR) is 139 cm³/mol. The number of carbonyl (C=O) groups is 7. The van der Waals surface area contributed by atoms with Gasteiger partial charge in [-0.25, -0.2) is 13.6 Å². The zero-order valence-corrected chi connectivity index (χ0v) is 24.6. The minimum Gasteiger partial charge on any atom is -0.420 e. The van der Waals surface area contributed by atoms with Gasteiger partial charge in [0.2, 0.25) is 17.4 Å². The van der Waals surface area contributed by atoms with Gasteiger partial charge < -0.3 is 9.57 Å². The number of hydroxylamine groups is 2. The number of amides is 4. The number of imide groups is 2. The van der Waals surface area contributed by atoms with E-state index in [1.54, 1.807) is 27.7 Å². The Labute approximate surface area is 244 Å². The Morgan fingerprint density at radius 1 is 0.721 bits per heavy atom. The van der Waals surface area contributed by atoms with Crippen LogP contribution in [-0.4, -0.2) is 57.9 Å². The molecule has 0 saturated carbocycles. The molecule has 0 aliphatic carbocycles. The van der Waals surface area contributed by atoms with Crippen molar-refractivity contribution in [3.05, 3.63) is 41.0 Å². The lowest BCUT2D eigenvalue weighted by atomic mass is 10.1. The van der Waals surface area contributed by atoms with E-state index in [0.717, 1.165) is 11.8 Å². The van der Waals surface area contributed by atoms with Crippen LogP contribution in [0.3, 0.4) is 0 Å².